The first-order valence-corrected chi connectivity index (χ1v) is 7.41. The molecular formula is C12H15BrNO3S-. The van der Waals surface area contributed by atoms with Crippen molar-refractivity contribution < 1.29 is 15.0 Å². The maximum atomic E-state index is 11.1. The lowest BCUT2D eigenvalue weighted by Gasteiger charge is -2.46. The second-order valence-corrected chi connectivity index (χ2v) is 7.99. The molecule has 1 aliphatic carbocycles. The quantitative estimate of drug-likeness (QED) is 0.894. The number of hydrogen-bond donors (Lipinski definition) is 1. The van der Waals surface area contributed by atoms with Crippen LogP contribution in [0.25, 0.3) is 0 Å². The average Bonchev–Trinajstić information content (AvgIpc) is 2.63. The molecule has 1 N–H and O–H groups in total. The van der Waals surface area contributed by atoms with Gasteiger partial charge in [0.15, 0.2) is 0 Å². The first-order chi connectivity index (χ1) is 8.24. The molecule has 4 nitrogen and oxygen atoms in total. The second-order valence-electron chi connectivity index (χ2n) is 5.58. The first-order valence-electron chi connectivity index (χ1n) is 5.80. The number of halogens is 1. The molecule has 1 aromatic rings. The van der Waals surface area contributed by atoms with E-state index in [-0.39, 0.29) is 0 Å². The fourth-order valence-corrected chi connectivity index (χ4v) is 4.15. The molecule has 0 aromatic carbocycles. The van der Waals surface area contributed by atoms with E-state index in [2.05, 4.69) is 20.9 Å². The predicted molar refractivity (Wildman–Crippen MR) is 69.8 cm³/mol. The minimum Gasteiger partial charge on any atom is -0.550 e. The van der Waals surface area contributed by atoms with Crippen LogP contribution in [0.15, 0.2) is 9.98 Å². The van der Waals surface area contributed by atoms with Crippen molar-refractivity contribution in [3.8, 4) is 0 Å². The molecule has 0 saturated heterocycles. The summed E-state index contributed by atoms with van der Waals surface area (Å²) in [5, 5.41) is 22.5. The largest absolute Gasteiger partial charge is 0.550 e. The summed E-state index contributed by atoms with van der Waals surface area (Å²) >= 11 is 4.72. The zero-order valence-electron chi connectivity index (χ0n) is 10.3. The normalized spacial score (nSPS) is 31.2. The summed E-state index contributed by atoms with van der Waals surface area (Å²) in [4.78, 5) is 15.3. The van der Waals surface area contributed by atoms with E-state index >= 15 is 0 Å². The van der Waals surface area contributed by atoms with Crippen LogP contribution < -0.4 is 5.11 Å². The SMILES string of the molecule is CC1(C)CC(O)(c2ncc(Br)s2)CCC1C(=O)[O-]. The topological polar surface area (TPSA) is 73.2 Å². The summed E-state index contributed by atoms with van der Waals surface area (Å²) in [5.74, 6) is -1.54. The molecule has 1 aromatic heterocycles. The van der Waals surface area contributed by atoms with E-state index in [1.165, 1.54) is 11.3 Å². The molecule has 1 heterocycles. The van der Waals surface area contributed by atoms with Gasteiger partial charge in [0.2, 0.25) is 0 Å². The summed E-state index contributed by atoms with van der Waals surface area (Å²) in [6.07, 6.45) is 2.88. The number of carbonyl (C=O) groups is 1. The van der Waals surface area contributed by atoms with Gasteiger partial charge in [-0.2, -0.15) is 0 Å². The third-order valence-electron chi connectivity index (χ3n) is 3.70. The number of aliphatic hydroxyl groups is 1. The summed E-state index contributed by atoms with van der Waals surface area (Å²) in [6.45, 7) is 3.72. The second kappa shape index (κ2) is 4.58. The number of carboxylic acid groups (broad SMARTS) is 1. The van der Waals surface area contributed by atoms with Crippen LogP contribution in [0.1, 0.15) is 38.1 Å². The van der Waals surface area contributed by atoms with Crippen molar-refractivity contribution in [1.82, 2.24) is 4.98 Å². The number of aliphatic carboxylic acids is 1. The Morgan fingerprint density at radius 3 is 2.78 bits per heavy atom. The molecule has 1 aliphatic rings. The van der Waals surface area contributed by atoms with Crippen LogP contribution in [-0.2, 0) is 10.4 Å². The van der Waals surface area contributed by atoms with Crippen molar-refractivity contribution in [2.24, 2.45) is 11.3 Å². The van der Waals surface area contributed by atoms with E-state index in [9.17, 15) is 15.0 Å². The molecule has 0 radical (unpaired) electrons. The van der Waals surface area contributed by atoms with Gasteiger partial charge in [-0.25, -0.2) is 4.98 Å². The minimum absolute atomic E-state index is 0.387. The fourth-order valence-electron chi connectivity index (χ4n) is 2.83. The number of aromatic nitrogens is 1. The van der Waals surface area contributed by atoms with Crippen LogP contribution in [0.2, 0.25) is 0 Å². The van der Waals surface area contributed by atoms with Gasteiger partial charge in [0.25, 0.3) is 0 Å². The molecule has 1 fully saturated rings. The van der Waals surface area contributed by atoms with E-state index in [0.29, 0.717) is 24.3 Å². The zero-order valence-corrected chi connectivity index (χ0v) is 12.7. The van der Waals surface area contributed by atoms with Crippen molar-refractivity contribution in [2.45, 2.75) is 38.7 Å². The van der Waals surface area contributed by atoms with Gasteiger partial charge in [0.1, 0.15) is 10.6 Å². The van der Waals surface area contributed by atoms with Gasteiger partial charge < -0.3 is 15.0 Å². The molecule has 2 rings (SSSR count). The third-order valence-corrected chi connectivity index (χ3v) is 5.37. The molecular weight excluding hydrogens is 318 g/mol. The molecule has 2 atom stereocenters. The standard InChI is InChI=1S/C12H16BrNO3S/c1-11(2)6-12(17,4-3-7(11)9(15)16)10-14-5-8(13)18-10/h5,7,17H,3-4,6H2,1-2H3,(H,15,16)/p-1. The summed E-state index contributed by atoms with van der Waals surface area (Å²) in [6, 6.07) is 0. The monoisotopic (exact) mass is 332 g/mol. The van der Waals surface area contributed by atoms with E-state index in [0.717, 1.165) is 3.79 Å². The molecule has 0 aliphatic heterocycles. The molecule has 0 spiro atoms. The zero-order chi connectivity index (χ0) is 13.6. The highest BCUT2D eigenvalue weighted by Gasteiger charge is 2.47. The lowest BCUT2D eigenvalue weighted by atomic mass is 9.63. The Hall–Kier alpha value is -0.460. The Labute approximate surface area is 118 Å². The Bertz CT molecular complexity index is 474. The number of thiazole rings is 1. The Morgan fingerprint density at radius 2 is 2.33 bits per heavy atom. The Morgan fingerprint density at radius 1 is 1.67 bits per heavy atom. The number of nitrogens with zero attached hydrogens (tertiary/aromatic N) is 1. The third kappa shape index (κ3) is 2.46. The van der Waals surface area contributed by atoms with Crippen molar-refractivity contribution in [1.29, 1.82) is 0 Å². The minimum atomic E-state index is -1.03. The Balaban J connectivity index is 2.27. The van der Waals surface area contributed by atoms with Crippen LogP contribution >= 0.6 is 27.3 Å². The maximum absolute atomic E-state index is 11.1. The van der Waals surface area contributed by atoms with E-state index in [1.807, 2.05) is 13.8 Å². The molecule has 6 heteroatoms. The van der Waals surface area contributed by atoms with Gasteiger partial charge >= 0.3 is 0 Å². The molecule has 2 unspecified atom stereocenters. The van der Waals surface area contributed by atoms with Crippen LogP contribution in [0.3, 0.4) is 0 Å². The lowest BCUT2D eigenvalue weighted by molar-refractivity contribution is -0.317. The van der Waals surface area contributed by atoms with E-state index in [4.69, 9.17) is 0 Å². The van der Waals surface area contributed by atoms with Gasteiger partial charge in [-0.1, -0.05) is 13.8 Å². The predicted octanol–water partition coefficient (Wildman–Crippen LogP) is 1.67. The van der Waals surface area contributed by atoms with Crippen LogP contribution in [-0.4, -0.2) is 16.1 Å². The van der Waals surface area contributed by atoms with Gasteiger partial charge in [-0.05, 0) is 40.6 Å². The van der Waals surface area contributed by atoms with Gasteiger partial charge in [-0.15, -0.1) is 11.3 Å². The smallest absolute Gasteiger partial charge is 0.125 e. The van der Waals surface area contributed by atoms with E-state index < -0.39 is 22.9 Å². The van der Waals surface area contributed by atoms with Crippen molar-refractivity contribution in [3.63, 3.8) is 0 Å². The molecule has 0 amide bonds. The average molecular weight is 333 g/mol. The summed E-state index contributed by atoms with van der Waals surface area (Å²) in [5.41, 5.74) is -1.52. The highest BCUT2D eigenvalue weighted by atomic mass is 79.9. The van der Waals surface area contributed by atoms with Crippen LogP contribution in [0, 0.1) is 11.3 Å². The van der Waals surface area contributed by atoms with Crippen LogP contribution in [0.5, 0.6) is 0 Å². The van der Waals surface area contributed by atoms with E-state index in [1.54, 1.807) is 6.20 Å². The lowest BCUT2D eigenvalue weighted by Crippen LogP contribution is -2.48. The molecule has 1 saturated carbocycles. The van der Waals surface area contributed by atoms with Gasteiger partial charge in [0, 0.05) is 11.9 Å². The van der Waals surface area contributed by atoms with Gasteiger partial charge in [-0.3, -0.25) is 0 Å². The highest BCUT2D eigenvalue weighted by Crippen LogP contribution is 2.50. The first kappa shape index (κ1) is 14.0. The summed E-state index contributed by atoms with van der Waals surface area (Å²) in [7, 11) is 0. The fraction of sp³-hybridized carbons (Fsp3) is 0.667. The van der Waals surface area contributed by atoms with Crippen molar-refractivity contribution >= 4 is 33.2 Å². The number of carboxylic acids is 1. The van der Waals surface area contributed by atoms with Crippen LogP contribution in [0.4, 0.5) is 0 Å². The Kier molecular flexibility index (Phi) is 3.55. The molecule has 18 heavy (non-hydrogen) atoms. The van der Waals surface area contributed by atoms with Gasteiger partial charge in [0.05, 0.1) is 9.98 Å². The summed E-state index contributed by atoms with van der Waals surface area (Å²) < 4.78 is 0.866. The number of hydrogen-bond acceptors (Lipinski definition) is 5. The number of rotatable bonds is 2. The van der Waals surface area contributed by atoms with Crippen molar-refractivity contribution in [2.75, 3.05) is 0 Å². The molecule has 0 bridgehead atoms. The number of carbonyl (C=O) groups excluding carboxylic acids is 1. The van der Waals surface area contributed by atoms with Crippen molar-refractivity contribution in [3.05, 3.63) is 15.0 Å². The molecule has 100 valence electrons. The maximum Gasteiger partial charge on any atom is 0.125 e. The highest BCUT2D eigenvalue weighted by molar-refractivity contribution is 9.11.